The normalized spacial score (nSPS) is 9.44. The summed E-state index contributed by atoms with van der Waals surface area (Å²) in [6.45, 7) is 1.56. The van der Waals surface area contributed by atoms with Crippen molar-refractivity contribution in [2.75, 3.05) is 0 Å². The Morgan fingerprint density at radius 1 is 1.89 bits per heavy atom. The van der Waals surface area contributed by atoms with E-state index in [9.17, 15) is 10.1 Å². The molecule has 0 fully saturated rings. The van der Waals surface area contributed by atoms with Gasteiger partial charge in [0.15, 0.2) is 11.4 Å². The summed E-state index contributed by atoms with van der Waals surface area (Å²) in [5.41, 5.74) is 0.444. The van der Waals surface area contributed by atoms with Crippen molar-refractivity contribution >= 4 is 5.82 Å². The average Bonchev–Trinajstić information content (AvgIpc) is 2.13. The Bertz CT molecular complexity index is 229. The molecule has 0 aliphatic heterocycles. The molecule has 5 heteroatoms. The molecule has 0 radical (unpaired) electrons. The third-order valence-corrected chi connectivity index (χ3v) is 0.894. The standard InChI is InChI=1S/C4H4N2O3/c1-3-2-9-5-4(3)6(7)8/h2H,1H3. The maximum atomic E-state index is 9.97. The van der Waals surface area contributed by atoms with E-state index in [2.05, 4.69) is 9.68 Å². The summed E-state index contributed by atoms with van der Waals surface area (Å²) in [5.74, 6) is -0.213. The van der Waals surface area contributed by atoms with Crippen LogP contribution in [0.4, 0.5) is 5.82 Å². The number of nitro groups is 1. The van der Waals surface area contributed by atoms with Crippen LogP contribution in [0.3, 0.4) is 0 Å². The first-order chi connectivity index (χ1) is 4.22. The van der Waals surface area contributed by atoms with Gasteiger partial charge in [-0.2, -0.15) is 0 Å². The van der Waals surface area contributed by atoms with E-state index in [4.69, 9.17) is 0 Å². The molecule has 1 aromatic rings. The van der Waals surface area contributed by atoms with Gasteiger partial charge in [-0.3, -0.25) is 4.52 Å². The Morgan fingerprint density at radius 3 is 2.78 bits per heavy atom. The fourth-order valence-electron chi connectivity index (χ4n) is 0.457. The molecule has 0 atom stereocenters. The van der Waals surface area contributed by atoms with Crippen molar-refractivity contribution in [2.45, 2.75) is 6.92 Å². The Kier molecular flexibility index (Phi) is 1.18. The number of aromatic nitrogens is 1. The Morgan fingerprint density at radius 2 is 2.56 bits per heavy atom. The molecule has 1 aromatic heterocycles. The van der Waals surface area contributed by atoms with Crippen LogP contribution in [0.25, 0.3) is 0 Å². The largest absolute Gasteiger partial charge is 0.416 e. The van der Waals surface area contributed by atoms with Gasteiger partial charge < -0.3 is 10.1 Å². The minimum atomic E-state index is -0.584. The second-order valence-electron chi connectivity index (χ2n) is 1.58. The van der Waals surface area contributed by atoms with E-state index < -0.39 is 4.92 Å². The monoisotopic (exact) mass is 128 g/mol. The highest BCUT2D eigenvalue weighted by atomic mass is 16.6. The quantitative estimate of drug-likeness (QED) is 0.416. The van der Waals surface area contributed by atoms with Gasteiger partial charge in [-0.15, -0.1) is 0 Å². The SMILES string of the molecule is Cc1conc1[N+](=O)[O-]. The third kappa shape index (κ3) is 0.883. The van der Waals surface area contributed by atoms with Crippen LogP contribution in [-0.2, 0) is 0 Å². The van der Waals surface area contributed by atoms with Crippen LogP contribution in [-0.4, -0.2) is 10.1 Å². The summed E-state index contributed by atoms with van der Waals surface area (Å²) in [4.78, 5) is 9.38. The molecule has 1 heterocycles. The summed E-state index contributed by atoms with van der Waals surface area (Å²) < 4.78 is 4.31. The van der Waals surface area contributed by atoms with Crippen LogP contribution in [0.1, 0.15) is 5.56 Å². The molecule has 0 unspecified atom stereocenters. The van der Waals surface area contributed by atoms with Crippen LogP contribution < -0.4 is 0 Å². The third-order valence-electron chi connectivity index (χ3n) is 0.894. The molecular weight excluding hydrogens is 124 g/mol. The molecule has 0 bridgehead atoms. The average molecular weight is 128 g/mol. The van der Waals surface area contributed by atoms with Crippen molar-refractivity contribution in [3.05, 3.63) is 21.9 Å². The first kappa shape index (κ1) is 5.74. The van der Waals surface area contributed by atoms with E-state index in [1.807, 2.05) is 0 Å². The topological polar surface area (TPSA) is 69.2 Å². The first-order valence-electron chi connectivity index (χ1n) is 2.27. The maximum Gasteiger partial charge on any atom is 0.416 e. The number of aryl methyl sites for hydroxylation is 1. The molecular formula is C4H4N2O3. The van der Waals surface area contributed by atoms with E-state index in [0.29, 0.717) is 5.56 Å². The predicted octanol–water partition coefficient (Wildman–Crippen LogP) is 0.891. The molecule has 0 amide bonds. The van der Waals surface area contributed by atoms with Gasteiger partial charge in [0.25, 0.3) is 0 Å². The lowest BCUT2D eigenvalue weighted by molar-refractivity contribution is -0.391. The summed E-state index contributed by atoms with van der Waals surface area (Å²) in [7, 11) is 0. The van der Waals surface area contributed by atoms with Gasteiger partial charge in [-0.25, -0.2) is 0 Å². The van der Waals surface area contributed by atoms with Crippen molar-refractivity contribution in [3.8, 4) is 0 Å². The number of hydrogen-bond donors (Lipinski definition) is 0. The summed E-state index contributed by atoms with van der Waals surface area (Å²) in [6, 6.07) is 0. The van der Waals surface area contributed by atoms with Crippen molar-refractivity contribution in [3.63, 3.8) is 0 Å². The lowest BCUT2D eigenvalue weighted by Gasteiger charge is -1.83. The van der Waals surface area contributed by atoms with E-state index in [1.54, 1.807) is 6.92 Å². The van der Waals surface area contributed by atoms with Crippen LogP contribution in [0.15, 0.2) is 10.8 Å². The second kappa shape index (κ2) is 1.85. The summed E-state index contributed by atoms with van der Waals surface area (Å²) >= 11 is 0. The van der Waals surface area contributed by atoms with Crippen LogP contribution in [0, 0.1) is 17.0 Å². The highest BCUT2D eigenvalue weighted by molar-refractivity contribution is 5.25. The van der Waals surface area contributed by atoms with Crippen LogP contribution >= 0.6 is 0 Å². The molecule has 0 saturated carbocycles. The van der Waals surface area contributed by atoms with E-state index in [-0.39, 0.29) is 5.82 Å². The van der Waals surface area contributed by atoms with E-state index >= 15 is 0 Å². The maximum absolute atomic E-state index is 9.97. The van der Waals surface area contributed by atoms with E-state index in [1.165, 1.54) is 6.26 Å². The molecule has 0 N–H and O–H groups in total. The fraction of sp³-hybridized carbons (Fsp3) is 0.250. The molecule has 5 nitrogen and oxygen atoms in total. The van der Waals surface area contributed by atoms with Gasteiger partial charge in [0, 0.05) is 0 Å². The highest BCUT2D eigenvalue weighted by Crippen LogP contribution is 2.12. The number of rotatable bonds is 1. The molecule has 9 heavy (non-hydrogen) atoms. The predicted molar refractivity (Wildman–Crippen MR) is 27.9 cm³/mol. The highest BCUT2D eigenvalue weighted by Gasteiger charge is 2.14. The molecule has 0 spiro atoms. The lowest BCUT2D eigenvalue weighted by atomic mass is 10.4. The van der Waals surface area contributed by atoms with Gasteiger partial charge in [-0.05, 0) is 11.8 Å². The van der Waals surface area contributed by atoms with Crippen LogP contribution in [0.2, 0.25) is 0 Å². The molecule has 48 valence electrons. The zero-order valence-electron chi connectivity index (χ0n) is 4.70. The van der Waals surface area contributed by atoms with Gasteiger partial charge in [0.1, 0.15) is 0 Å². The molecule has 0 aliphatic rings. The molecule has 0 aliphatic carbocycles. The molecule has 0 saturated heterocycles. The van der Waals surface area contributed by atoms with Crippen LogP contribution in [0.5, 0.6) is 0 Å². The Hall–Kier alpha value is -1.39. The second-order valence-corrected chi connectivity index (χ2v) is 1.58. The van der Waals surface area contributed by atoms with Crippen molar-refractivity contribution < 1.29 is 9.45 Å². The fourth-order valence-corrected chi connectivity index (χ4v) is 0.457. The lowest BCUT2D eigenvalue weighted by Crippen LogP contribution is -1.88. The van der Waals surface area contributed by atoms with Crippen molar-refractivity contribution in [2.24, 2.45) is 0 Å². The zero-order valence-corrected chi connectivity index (χ0v) is 4.70. The van der Waals surface area contributed by atoms with E-state index in [0.717, 1.165) is 0 Å². The van der Waals surface area contributed by atoms with Gasteiger partial charge >= 0.3 is 5.82 Å². The Labute approximate surface area is 50.4 Å². The molecule has 0 aromatic carbocycles. The van der Waals surface area contributed by atoms with Gasteiger partial charge in [0.2, 0.25) is 0 Å². The molecule has 1 rings (SSSR count). The smallest absolute Gasteiger partial charge is 0.358 e. The summed E-state index contributed by atoms with van der Waals surface area (Å²) in [6.07, 6.45) is 1.23. The summed E-state index contributed by atoms with van der Waals surface area (Å²) in [5, 5.41) is 13.1. The number of nitrogens with zero attached hydrogens (tertiary/aromatic N) is 2. The van der Waals surface area contributed by atoms with Crippen molar-refractivity contribution in [1.29, 1.82) is 0 Å². The zero-order chi connectivity index (χ0) is 6.85. The minimum absolute atomic E-state index is 0.213. The Balaban J connectivity index is 3.08. The van der Waals surface area contributed by atoms with Gasteiger partial charge in [-0.1, -0.05) is 0 Å². The van der Waals surface area contributed by atoms with Gasteiger partial charge in [0.05, 0.1) is 5.56 Å². The number of hydrogen-bond acceptors (Lipinski definition) is 4. The first-order valence-corrected chi connectivity index (χ1v) is 2.27. The van der Waals surface area contributed by atoms with Crippen molar-refractivity contribution in [1.82, 2.24) is 5.16 Å². The minimum Gasteiger partial charge on any atom is -0.358 e.